The van der Waals surface area contributed by atoms with Gasteiger partial charge in [-0.3, -0.25) is 4.79 Å². The van der Waals surface area contributed by atoms with Crippen LogP contribution in [0.25, 0.3) is 11.0 Å². The number of amides is 1. The number of likely N-dealkylation sites (N-methyl/N-ethyl adjacent to an activating group) is 1. The number of benzene rings is 2. The summed E-state index contributed by atoms with van der Waals surface area (Å²) in [6, 6.07) is 10.5. The van der Waals surface area contributed by atoms with Crippen molar-refractivity contribution in [3.8, 4) is 0 Å². The third-order valence-corrected chi connectivity index (χ3v) is 6.73. The first-order valence-electron chi connectivity index (χ1n) is 9.54. The fourth-order valence-electron chi connectivity index (χ4n) is 2.91. The molecular formula is C20H24FN5O3S. The maximum absolute atomic E-state index is 12.9. The maximum Gasteiger partial charge on any atom is 0.243 e. The summed E-state index contributed by atoms with van der Waals surface area (Å²) in [4.78, 5) is 12.2. The van der Waals surface area contributed by atoms with Gasteiger partial charge in [0.1, 0.15) is 11.3 Å². The summed E-state index contributed by atoms with van der Waals surface area (Å²) in [5.41, 5.74) is 1.94. The molecule has 2 aromatic carbocycles. The molecule has 0 radical (unpaired) electrons. The van der Waals surface area contributed by atoms with E-state index >= 15 is 0 Å². The van der Waals surface area contributed by atoms with Crippen LogP contribution in [-0.2, 0) is 21.4 Å². The van der Waals surface area contributed by atoms with Crippen LogP contribution in [0.5, 0.6) is 0 Å². The zero-order valence-corrected chi connectivity index (χ0v) is 17.9. The van der Waals surface area contributed by atoms with Gasteiger partial charge in [-0.05, 0) is 49.2 Å². The van der Waals surface area contributed by atoms with Gasteiger partial charge >= 0.3 is 0 Å². The molecule has 160 valence electrons. The predicted octanol–water partition coefficient (Wildman–Crippen LogP) is 2.48. The molecule has 30 heavy (non-hydrogen) atoms. The van der Waals surface area contributed by atoms with Crippen LogP contribution >= 0.6 is 0 Å². The Balaban J connectivity index is 1.69. The highest BCUT2D eigenvalue weighted by atomic mass is 32.2. The van der Waals surface area contributed by atoms with E-state index < -0.39 is 15.9 Å². The van der Waals surface area contributed by atoms with E-state index in [-0.39, 0.29) is 29.8 Å². The van der Waals surface area contributed by atoms with Crippen LogP contribution < -0.4 is 5.32 Å². The fourth-order valence-corrected chi connectivity index (χ4v) is 4.05. The average molecular weight is 434 g/mol. The molecule has 0 aliphatic heterocycles. The monoisotopic (exact) mass is 433 g/mol. The van der Waals surface area contributed by atoms with Crippen molar-refractivity contribution in [3.63, 3.8) is 0 Å². The minimum Gasteiger partial charge on any atom is -0.351 e. The number of sulfonamides is 1. The van der Waals surface area contributed by atoms with Crippen LogP contribution in [-0.4, -0.2) is 47.2 Å². The quantitative estimate of drug-likeness (QED) is 0.589. The van der Waals surface area contributed by atoms with Gasteiger partial charge in [-0.15, -0.1) is 5.10 Å². The van der Waals surface area contributed by atoms with Crippen molar-refractivity contribution >= 4 is 27.0 Å². The molecule has 0 spiro atoms. The molecule has 0 saturated heterocycles. The minimum absolute atomic E-state index is 0.0417. The van der Waals surface area contributed by atoms with Gasteiger partial charge in [0.2, 0.25) is 15.9 Å². The highest BCUT2D eigenvalue weighted by Crippen LogP contribution is 2.22. The van der Waals surface area contributed by atoms with Crippen LogP contribution in [0.15, 0.2) is 47.4 Å². The van der Waals surface area contributed by atoms with Crippen molar-refractivity contribution in [1.82, 2.24) is 24.6 Å². The third kappa shape index (κ3) is 4.65. The van der Waals surface area contributed by atoms with E-state index in [1.54, 1.807) is 22.9 Å². The first-order chi connectivity index (χ1) is 14.2. The van der Waals surface area contributed by atoms with E-state index in [9.17, 15) is 17.6 Å². The first kappa shape index (κ1) is 21.8. The number of carbonyl (C=O) groups is 1. The molecule has 1 amide bonds. The summed E-state index contributed by atoms with van der Waals surface area (Å²) < 4.78 is 41.4. The molecule has 0 saturated carbocycles. The summed E-state index contributed by atoms with van der Waals surface area (Å²) >= 11 is 0. The van der Waals surface area contributed by atoms with Crippen LogP contribution in [0.2, 0.25) is 0 Å². The molecule has 3 aromatic rings. The van der Waals surface area contributed by atoms with Gasteiger partial charge in [-0.2, -0.15) is 4.31 Å². The molecule has 0 aliphatic carbocycles. The Labute approximate surface area is 174 Å². The van der Waals surface area contributed by atoms with Crippen molar-refractivity contribution < 1.29 is 17.6 Å². The lowest BCUT2D eigenvalue weighted by molar-refractivity contribution is -0.121. The lowest BCUT2D eigenvalue weighted by Crippen LogP contribution is -2.38. The summed E-state index contributed by atoms with van der Waals surface area (Å²) in [7, 11) is -2.54. The number of carbonyl (C=O) groups excluding carboxylic acids is 1. The first-order valence-corrected chi connectivity index (χ1v) is 11.0. The second-order valence-electron chi connectivity index (χ2n) is 7.11. The van der Waals surface area contributed by atoms with Crippen molar-refractivity contribution in [2.75, 3.05) is 13.6 Å². The van der Waals surface area contributed by atoms with Crippen molar-refractivity contribution in [2.45, 2.75) is 37.8 Å². The number of aromatic nitrogens is 3. The fraction of sp³-hybridized carbons (Fsp3) is 0.350. The zero-order chi connectivity index (χ0) is 21.9. The molecule has 10 heteroatoms. The van der Waals surface area contributed by atoms with Gasteiger partial charge in [0.05, 0.1) is 23.0 Å². The highest BCUT2D eigenvalue weighted by Gasteiger charge is 2.24. The summed E-state index contributed by atoms with van der Waals surface area (Å²) in [5.74, 6) is -0.828. The molecule has 8 nitrogen and oxygen atoms in total. The number of hydrogen-bond acceptors (Lipinski definition) is 5. The number of hydrogen-bond donors (Lipinski definition) is 1. The number of nitrogens with one attached hydrogen (secondary N) is 1. The largest absolute Gasteiger partial charge is 0.351 e. The van der Waals surface area contributed by atoms with E-state index in [1.165, 1.54) is 31.3 Å². The molecule has 1 aromatic heterocycles. The van der Waals surface area contributed by atoms with Crippen LogP contribution in [0.4, 0.5) is 4.39 Å². The zero-order valence-electron chi connectivity index (χ0n) is 17.0. The van der Waals surface area contributed by atoms with E-state index in [0.717, 1.165) is 16.2 Å². The second kappa shape index (κ2) is 8.88. The Kier molecular flexibility index (Phi) is 6.47. The standard InChI is InChI=1S/C20H24FN5O3S/c1-4-14(2)26-19-10-9-17(11-18(19)23-24-26)30(28,29)25(3)13-20(27)22-12-15-5-7-16(21)8-6-15/h5-11,14H,4,12-13H2,1-3H3,(H,22,27)/t14-/m0/s1. The smallest absolute Gasteiger partial charge is 0.243 e. The number of rotatable bonds is 8. The maximum atomic E-state index is 12.9. The topological polar surface area (TPSA) is 97.2 Å². The Morgan fingerprint density at radius 1 is 1.23 bits per heavy atom. The molecule has 1 N–H and O–H groups in total. The SMILES string of the molecule is CC[C@H](C)n1nnc2cc(S(=O)(=O)N(C)CC(=O)NCc3ccc(F)cc3)ccc21. The lowest BCUT2D eigenvalue weighted by atomic mass is 10.2. The predicted molar refractivity (Wildman–Crippen MR) is 111 cm³/mol. The van der Waals surface area contributed by atoms with Gasteiger partial charge in [0.15, 0.2) is 0 Å². The van der Waals surface area contributed by atoms with Crippen molar-refractivity contribution in [2.24, 2.45) is 0 Å². The molecular weight excluding hydrogens is 409 g/mol. The molecule has 0 aliphatic rings. The normalized spacial score (nSPS) is 13.0. The molecule has 0 unspecified atom stereocenters. The van der Waals surface area contributed by atoms with Gasteiger partial charge in [-0.1, -0.05) is 24.3 Å². The van der Waals surface area contributed by atoms with E-state index in [4.69, 9.17) is 0 Å². The molecule has 3 rings (SSSR count). The molecule has 1 atom stereocenters. The second-order valence-corrected chi connectivity index (χ2v) is 9.15. The van der Waals surface area contributed by atoms with Crippen molar-refractivity contribution in [3.05, 3.63) is 53.8 Å². The van der Waals surface area contributed by atoms with Gasteiger partial charge in [0, 0.05) is 13.6 Å². The van der Waals surface area contributed by atoms with Crippen LogP contribution in [0.1, 0.15) is 31.9 Å². The summed E-state index contributed by atoms with van der Waals surface area (Å²) in [6.45, 7) is 3.88. The Hall–Kier alpha value is -2.85. The van der Waals surface area contributed by atoms with E-state index in [1.807, 2.05) is 13.8 Å². The Morgan fingerprint density at radius 2 is 1.93 bits per heavy atom. The third-order valence-electron chi connectivity index (χ3n) is 4.93. The van der Waals surface area contributed by atoms with E-state index in [0.29, 0.717) is 11.1 Å². The van der Waals surface area contributed by atoms with E-state index in [2.05, 4.69) is 15.6 Å². The van der Waals surface area contributed by atoms with Gasteiger partial charge in [0.25, 0.3) is 0 Å². The highest BCUT2D eigenvalue weighted by molar-refractivity contribution is 7.89. The van der Waals surface area contributed by atoms with Crippen LogP contribution in [0.3, 0.4) is 0 Å². The summed E-state index contributed by atoms with van der Waals surface area (Å²) in [5, 5.41) is 10.8. The van der Waals surface area contributed by atoms with Crippen LogP contribution in [0, 0.1) is 5.82 Å². The Morgan fingerprint density at radius 3 is 2.60 bits per heavy atom. The minimum atomic E-state index is -3.88. The number of nitrogens with zero attached hydrogens (tertiary/aromatic N) is 4. The lowest BCUT2D eigenvalue weighted by Gasteiger charge is -2.17. The van der Waals surface area contributed by atoms with Crippen molar-refractivity contribution in [1.29, 1.82) is 0 Å². The van der Waals surface area contributed by atoms with Gasteiger partial charge in [-0.25, -0.2) is 17.5 Å². The summed E-state index contributed by atoms with van der Waals surface area (Å²) in [6.07, 6.45) is 0.869. The number of halogens is 1. The molecule has 1 heterocycles. The average Bonchev–Trinajstić information content (AvgIpc) is 3.16. The molecule has 0 bridgehead atoms. The number of fused-ring (bicyclic) bond motifs is 1. The molecule has 0 fully saturated rings. The Bertz CT molecular complexity index is 1140. The van der Waals surface area contributed by atoms with Gasteiger partial charge < -0.3 is 5.32 Å².